The minimum Gasteiger partial charge on any atom is -0.360 e. The molecule has 0 aliphatic rings. The molecule has 0 aliphatic carbocycles. The van der Waals surface area contributed by atoms with E-state index in [0.717, 1.165) is 6.54 Å². The molecular weight excluding hydrogens is 363 g/mol. The highest BCUT2D eigenvalue weighted by Crippen LogP contribution is 2.26. The molecule has 1 aromatic carbocycles. The minimum absolute atomic E-state index is 0.154. The van der Waals surface area contributed by atoms with E-state index in [-0.39, 0.29) is 17.4 Å². The van der Waals surface area contributed by atoms with Gasteiger partial charge in [0.05, 0.1) is 5.75 Å². The molecule has 25 heavy (non-hydrogen) atoms. The summed E-state index contributed by atoms with van der Waals surface area (Å²) < 4.78 is 14.8. The Hall–Kier alpha value is -2.00. The van der Waals surface area contributed by atoms with Crippen molar-refractivity contribution in [3.8, 4) is 0 Å². The summed E-state index contributed by atoms with van der Waals surface area (Å²) in [6, 6.07) is 4.44. The van der Waals surface area contributed by atoms with Crippen LogP contribution in [-0.2, 0) is 11.2 Å². The second-order valence-corrected chi connectivity index (χ2v) is 7.35. The van der Waals surface area contributed by atoms with Gasteiger partial charge in [0, 0.05) is 25.6 Å². The molecule has 0 radical (unpaired) electrons. The van der Waals surface area contributed by atoms with Crippen LogP contribution in [0.1, 0.15) is 29.8 Å². The highest BCUT2D eigenvalue weighted by molar-refractivity contribution is 8.01. The molecule has 0 spiro atoms. The van der Waals surface area contributed by atoms with Crippen molar-refractivity contribution < 1.29 is 14.0 Å². The number of halogens is 1. The summed E-state index contributed by atoms with van der Waals surface area (Å²) in [5.74, 6) is -0.590. The quantitative estimate of drug-likeness (QED) is 0.512. The third kappa shape index (κ3) is 6.09. The van der Waals surface area contributed by atoms with Gasteiger partial charge in [-0.05, 0) is 25.0 Å². The maximum absolute atomic E-state index is 14.1. The first kappa shape index (κ1) is 19.3. The average Bonchev–Trinajstić information content (AvgIpc) is 3.02. The SMILES string of the molecule is CCNc1nnc(SCC(=O)c2ccc(CCNC(C)=O)c(F)c2)s1. The van der Waals surface area contributed by atoms with E-state index in [0.29, 0.717) is 33.6 Å². The van der Waals surface area contributed by atoms with Crippen LogP contribution in [0.5, 0.6) is 0 Å². The van der Waals surface area contributed by atoms with Gasteiger partial charge in [-0.25, -0.2) is 4.39 Å². The Kier molecular flexibility index (Phi) is 7.32. The molecule has 0 saturated heterocycles. The predicted octanol–water partition coefficient (Wildman–Crippen LogP) is 2.76. The number of rotatable bonds is 9. The molecule has 0 fully saturated rings. The standard InChI is InChI=1S/C16H19FN4O2S2/c1-3-18-15-20-21-16(25-15)24-9-14(23)12-5-4-11(13(17)8-12)6-7-19-10(2)22/h4-5,8H,3,6-7,9H2,1-2H3,(H,18,20)(H,19,22). The van der Waals surface area contributed by atoms with E-state index < -0.39 is 5.82 Å². The zero-order valence-corrected chi connectivity index (χ0v) is 15.6. The normalized spacial score (nSPS) is 10.5. The van der Waals surface area contributed by atoms with Gasteiger partial charge in [0.25, 0.3) is 0 Å². The summed E-state index contributed by atoms with van der Waals surface area (Å²) in [5, 5.41) is 14.3. The fraction of sp³-hybridized carbons (Fsp3) is 0.375. The van der Waals surface area contributed by atoms with Gasteiger partial charge in [-0.2, -0.15) is 0 Å². The minimum atomic E-state index is -0.438. The maximum atomic E-state index is 14.1. The van der Waals surface area contributed by atoms with E-state index in [4.69, 9.17) is 0 Å². The smallest absolute Gasteiger partial charge is 0.216 e. The van der Waals surface area contributed by atoms with E-state index >= 15 is 0 Å². The van der Waals surface area contributed by atoms with Crippen LogP contribution in [0, 0.1) is 5.82 Å². The summed E-state index contributed by atoms with van der Waals surface area (Å²) in [7, 11) is 0. The Labute approximate surface area is 153 Å². The lowest BCUT2D eigenvalue weighted by molar-refractivity contribution is -0.118. The number of hydrogen-bond donors (Lipinski definition) is 2. The number of nitrogens with one attached hydrogen (secondary N) is 2. The van der Waals surface area contributed by atoms with E-state index in [2.05, 4.69) is 20.8 Å². The van der Waals surface area contributed by atoms with Crippen molar-refractivity contribution in [2.75, 3.05) is 24.2 Å². The molecule has 9 heteroatoms. The van der Waals surface area contributed by atoms with E-state index in [1.165, 1.54) is 36.1 Å². The van der Waals surface area contributed by atoms with Crippen LogP contribution in [0.25, 0.3) is 0 Å². The van der Waals surface area contributed by atoms with Crippen molar-refractivity contribution in [3.63, 3.8) is 0 Å². The lowest BCUT2D eigenvalue weighted by Crippen LogP contribution is -2.22. The fourth-order valence-corrected chi connectivity index (χ4v) is 3.71. The Balaban J connectivity index is 1.90. The number of carbonyl (C=O) groups is 2. The number of amides is 1. The first-order valence-corrected chi connectivity index (χ1v) is 9.56. The first-order valence-electron chi connectivity index (χ1n) is 7.75. The van der Waals surface area contributed by atoms with Gasteiger partial charge >= 0.3 is 0 Å². The van der Waals surface area contributed by atoms with Crippen LogP contribution in [0.2, 0.25) is 0 Å². The van der Waals surface area contributed by atoms with Crippen molar-refractivity contribution >= 4 is 39.9 Å². The van der Waals surface area contributed by atoms with Crippen LogP contribution in [-0.4, -0.2) is 40.7 Å². The molecule has 6 nitrogen and oxygen atoms in total. The molecule has 1 aromatic heterocycles. The molecule has 2 aromatic rings. The van der Waals surface area contributed by atoms with Crippen molar-refractivity contribution in [1.82, 2.24) is 15.5 Å². The second-order valence-electron chi connectivity index (χ2n) is 5.15. The molecule has 134 valence electrons. The summed E-state index contributed by atoms with van der Waals surface area (Å²) in [6.45, 7) is 4.49. The summed E-state index contributed by atoms with van der Waals surface area (Å²) in [4.78, 5) is 23.0. The van der Waals surface area contributed by atoms with Crippen LogP contribution in [0.4, 0.5) is 9.52 Å². The van der Waals surface area contributed by atoms with E-state index in [1.54, 1.807) is 12.1 Å². The monoisotopic (exact) mass is 382 g/mol. The van der Waals surface area contributed by atoms with Gasteiger partial charge in [-0.1, -0.05) is 35.2 Å². The number of carbonyl (C=O) groups excluding carboxylic acids is 2. The maximum Gasteiger partial charge on any atom is 0.216 e. The van der Waals surface area contributed by atoms with Crippen LogP contribution in [0.15, 0.2) is 22.5 Å². The van der Waals surface area contributed by atoms with Crippen molar-refractivity contribution in [3.05, 3.63) is 35.1 Å². The number of nitrogens with zero attached hydrogens (tertiary/aromatic N) is 2. The van der Waals surface area contributed by atoms with Gasteiger partial charge in [-0.3, -0.25) is 9.59 Å². The number of ketones is 1. The van der Waals surface area contributed by atoms with Crippen molar-refractivity contribution in [2.24, 2.45) is 0 Å². The Morgan fingerprint density at radius 1 is 1.32 bits per heavy atom. The Morgan fingerprint density at radius 3 is 2.80 bits per heavy atom. The van der Waals surface area contributed by atoms with Crippen LogP contribution in [0.3, 0.4) is 0 Å². The van der Waals surface area contributed by atoms with Gasteiger partial charge in [0.2, 0.25) is 11.0 Å². The average molecular weight is 382 g/mol. The number of anilines is 1. The Morgan fingerprint density at radius 2 is 2.12 bits per heavy atom. The predicted molar refractivity (Wildman–Crippen MR) is 97.9 cm³/mol. The molecule has 2 rings (SSSR count). The topological polar surface area (TPSA) is 84.0 Å². The van der Waals surface area contributed by atoms with Crippen molar-refractivity contribution in [2.45, 2.75) is 24.6 Å². The number of Topliss-reactive ketones (excluding diaryl/α,β-unsaturated/α-hetero) is 1. The molecule has 0 saturated carbocycles. The lowest BCUT2D eigenvalue weighted by Gasteiger charge is -2.06. The third-order valence-electron chi connectivity index (χ3n) is 3.20. The number of hydrogen-bond acceptors (Lipinski definition) is 7. The van der Waals surface area contributed by atoms with Gasteiger partial charge in [0.1, 0.15) is 5.82 Å². The molecule has 1 amide bonds. The molecule has 0 atom stereocenters. The van der Waals surface area contributed by atoms with E-state index in [1.807, 2.05) is 6.92 Å². The molecule has 0 bridgehead atoms. The molecule has 0 unspecified atom stereocenters. The highest BCUT2D eigenvalue weighted by atomic mass is 32.2. The van der Waals surface area contributed by atoms with E-state index in [9.17, 15) is 14.0 Å². The fourth-order valence-electron chi connectivity index (χ4n) is 2.00. The number of benzene rings is 1. The first-order chi connectivity index (χ1) is 12.0. The zero-order valence-electron chi connectivity index (χ0n) is 14.0. The molecular formula is C16H19FN4O2S2. The van der Waals surface area contributed by atoms with Crippen LogP contribution < -0.4 is 10.6 Å². The number of aromatic nitrogens is 2. The van der Waals surface area contributed by atoms with Crippen molar-refractivity contribution in [1.29, 1.82) is 0 Å². The number of thioether (sulfide) groups is 1. The van der Waals surface area contributed by atoms with Gasteiger partial charge in [0.15, 0.2) is 10.1 Å². The highest BCUT2D eigenvalue weighted by Gasteiger charge is 2.12. The van der Waals surface area contributed by atoms with Crippen LogP contribution >= 0.6 is 23.1 Å². The van der Waals surface area contributed by atoms with Gasteiger partial charge in [-0.15, -0.1) is 10.2 Å². The third-order valence-corrected chi connectivity index (χ3v) is 5.22. The zero-order chi connectivity index (χ0) is 18.2. The summed E-state index contributed by atoms with van der Waals surface area (Å²) in [5.41, 5.74) is 0.794. The lowest BCUT2D eigenvalue weighted by atomic mass is 10.1. The molecule has 2 N–H and O–H groups in total. The summed E-state index contributed by atoms with van der Waals surface area (Å²) in [6.07, 6.45) is 0.382. The largest absolute Gasteiger partial charge is 0.360 e. The summed E-state index contributed by atoms with van der Waals surface area (Å²) >= 11 is 2.66. The van der Waals surface area contributed by atoms with Gasteiger partial charge < -0.3 is 10.6 Å². The molecule has 1 heterocycles. The Bertz CT molecular complexity index is 751. The molecule has 0 aliphatic heterocycles. The second kappa shape index (κ2) is 9.47.